The van der Waals surface area contributed by atoms with Crippen LogP contribution in [0.2, 0.25) is 0 Å². The monoisotopic (exact) mass is 726 g/mol. The summed E-state index contributed by atoms with van der Waals surface area (Å²) in [7, 11) is 3.56. The highest BCUT2D eigenvalue weighted by atomic mass is 32.2. The molecule has 0 spiro atoms. The Kier molecular flexibility index (Phi) is 11.7. The number of aromatic nitrogens is 3. The van der Waals surface area contributed by atoms with Crippen molar-refractivity contribution in [3.63, 3.8) is 0 Å². The van der Waals surface area contributed by atoms with E-state index in [-0.39, 0.29) is 29.8 Å². The van der Waals surface area contributed by atoms with Crippen LogP contribution in [0.25, 0.3) is 5.65 Å². The Morgan fingerprint density at radius 3 is 2.51 bits per heavy atom. The van der Waals surface area contributed by atoms with E-state index in [2.05, 4.69) is 30.6 Å². The standard InChI is InChI=1S/C34H44F2N10O4S/c1-41(2)30(47)21-43-15-13-42(14-16-43)19-23-8-11-44(12-9-23)31(48)22-45-20-26(39-33(49)27-18-37-29-5-4-10-38-46(27)29)32(40-45)25-17-24(51-3)6-7-28(25)50-34(35)36/h4-7,10,17-18,20,23,32,34,40H,8-9,11-16,19,21-22H2,1-3H3,(H,39,49). The number of fused-ring (bicyclic) bond motifs is 1. The van der Waals surface area contributed by atoms with E-state index >= 15 is 0 Å². The van der Waals surface area contributed by atoms with Gasteiger partial charge in [-0.25, -0.2) is 14.9 Å². The van der Waals surface area contributed by atoms with Gasteiger partial charge in [0, 0.05) is 82.8 Å². The van der Waals surface area contributed by atoms with Gasteiger partial charge in [-0.05, 0) is 55.3 Å². The van der Waals surface area contributed by atoms with Gasteiger partial charge in [0.25, 0.3) is 5.91 Å². The summed E-state index contributed by atoms with van der Waals surface area (Å²) < 4.78 is 33.3. The topological polar surface area (TPSA) is 131 Å². The van der Waals surface area contributed by atoms with Crippen molar-refractivity contribution in [2.75, 3.05) is 79.3 Å². The molecule has 14 nitrogen and oxygen atoms in total. The summed E-state index contributed by atoms with van der Waals surface area (Å²) in [6, 6.07) is 7.53. The molecule has 2 aromatic heterocycles. The molecule has 1 unspecified atom stereocenters. The molecule has 3 aromatic rings. The first-order chi connectivity index (χ1) is 24.6. The van der Waals surface area contributed by atoms with Gasteiger partial charge >= 0.3 is 6.61 Å². The highest BCUT2D eigenvalue weighted by Crippen LogP contribution is 2.36. The Bertz CT molecular complexity index is 1740. The number of alkyl halides is 2. The number of piperidine rings is 1. The number of carbonyl (C=O) groups is 3. The lowest BCUT2D eigenvalue weighted by Gasteiger charge is -2.39. The first-order valence-electron chi connectivity index (χ1n) is 17.0. The first kappa shape index (κ1) is 36.5. The maximum Gasteiger partial charge on any atom is 0.387 e. The molecule has 3 amide bonds. The number of rotatable bonds is 12. The Hall–Kier alpha value is -4.32. The summed E-state index contributed by atoms with van der Waals surface area (Å²) in [5.74, 6) is -0.0413. The van der Waals surface area contributed by atoms with Crippen LogP contribution in [0.4, 0.5) is 8.78 Å². The van der Waals surface area contributed by atoms with Crippen molar-refractivity contribution in [3.8, 4) is 5.75 Å². The number of likely N-dealkylation sites (N-methyl/N-ethyl adjacent to an activating group) is 1. The van der Waals surface area contributed by atoms with Gasteiger partial charge in [0.1, 0.15) is 12.3 Å². The third-order valence-corrected chi connectivity index (χ3v) is 10.3. The summed E-state index contributed by atoms with van der Waals surface area (Å²) in [6.07, 6.45) is 8.22. The van der Waals surface area contributed by atoms with E-state index in [0.29, 0.717) is 42.5 Å². The predicted molar refractivity (Wildman–Crippen MR) is 187 cm³/mol. The van der Waals surface area contributed by atoms with Crippen molar-refractivity contribution < 1.29 is 27.9 Å². The molecular weight excluding hydrogens is 683 g/mol. The smallest absolute Gasteiger partial charge is 0.387 e. The molecular formula is C34H44F2N10O4S. The van der Waals surface area contributed by atoms with Gasteiger partial charge in [0.2, 0.25) is 11.8 Å². The molecule has 5 heterocycles. The largest absolute Gasteiger partial charge is 0.434 e. The minimum absolute atomic E-state index is 0.0292. The number of likely N-dealkylation sites (tertiary alicyclic amines) is 1. The van der Waals surface area contributed by atoms with Crippen LogP contribution in [0.1, 0.15) is 34.9 Å². The summed E-state index contributed by atoms with van der Waals surface area (Å²) in [4.78, 5) is 52.4. The van der Waals surface area contributed by atoms with Crippen molar-refractivity contribution >= 4 is 35.1 Å². The molecule has 17 heteroatoms. The highest BCUT2D eigenvalue weighted by molar-refractivity contribution is 7.98. The Balaban J connectivity index is 1.09. The lowest BCUT2D eigenvalue weighted by atomic mass is 9.96. The number of thioether (sulfide) groups is 1. The van der Waals surface area contributed by atoms with E-state index < -0.39 is 18.6 Å². The quantitative estimate of drug-likeness (QED) is 0.267. The van der Waals surface area contributed by atoms with Gasteiger partial charge in [-0.15, -0.1) is 11.8 Å². The van der Waals surface area contributed by atoms with E-state index in [9.17, 15) is 23.2 Å². The number of hydrogen-bond acceptors (Lipinski definition) is 11. The second-order valence-electron chi connectivity index (χ2n) is 13.1. The number of benzene rings is 1. The molecule has 0 aliphatic carbocycles. The van der Waals surface area contributed by atoms with Gasteiger partial charge in [0.15, 0.2) is 11.3 Å². The predicted octanol–water partition coefficient (Wildman–Crippen LogP) is 2.13. The maximum absolute atomic E-state index is 13.6. The maximum atomic E-state index is 13.6. The fraction of sp³-hybridized carbons (Fsp3) is 0.500. The number of nitrogens with zero attached hydrogens (tertiary/aromatic N) is 8. The molecule has 0 saturated carbocycles. The van der Waals surface area contributed by atoms with Crippen LogP contribution in [0.5, 0.6) is 5.75 Å². The third-order valence-electron chi connectivity index (χ3n) is 9.52. The molecule has 3 aliphatic rings. The van der Waals surface area contributed by atoms with E-state index in [4.69, 9.17) is 4.74 Å². The molecule has 0 bridgehead atoms. The van der Waals surface area contributed by atoms with Crippen molar-refractivity contribution in [1.82, 2.24) is 49.9 Å². The fourth-order valence-electron chi connectivity index (χ4n) is 6.65. The van der Waals surface area contributed by atoms with Crippen LogP contribution >= 0.6 is 11.8 Å². The van der Waals surface area contributed by atoms with Crippen LogP contribution < -0.4 is 15.5 Å². The van der Waals surface area contributed by atoms with E-state index in [1.54, 1.807) is 60.7 Å². The molecule has 3 aliphatic heterocycles. The lowest BCUT2D eigenvalue weighted by Crippen LogP contribution is -2.51. The van der Waals surface area contributed by atoms with Crippen molar-refractivity contribution in [3.05, 3.63) is 65.9 Å². The zero-order valence-corrected chi connectivity index (χ0v) is 29.8. The minimum atomic E-state index is -3.06. The molecule has 2 N–H and O–H groups in total. The zero-order chi connectivity index (χ0) is 36.1. The van der Waals surface area contributed by atoms with Crippen molar-refractivity contribution in [2.45, 2.75) is 30.4 Å². The average molecular weight is 727 g/mol. The van der Waals surface area contributed by atoms with E-state index in [0.717, 1.165) is 50.5 Å². The summed E-state index contributed by atoms with van der Waals surface area (Å²) in [5.41, 5.74) is 4.64. The van der Waals surface area contributed by atoms with Gasteiger partial charge in [-0.3, -0.25) is 19.3 Å². The fourth-order valence-corrected chi connectivity index (χ4v) is 7.10. The third kappa shape index (κ3) is 8.95. The second kappa shape index (κ2) is 16.4. The average Bonchev–Trinajstić information content (AvgIpc) is 3.73. The molecule has 2 fully saturated rings. The molecule has 0 radical (unpaired) electrons. The number of ether oxygens (including phenoxy) is 1. The lowest BCUT2D eigenvalue weighted by molar-refractivity contribution is -0.134. The normalized spacial score (nSPS) is 19.1. The molecule has 1 atom stereocenters. The number of halogens is 2. The van der Waals surface area contributed by atoms with Crippen LogP contribution in [0.15, 0.2) is 59.5 Å². The van der Waals surface area contributed by atoms with Crippen LogP contribution in [-0.4, -0.2) is 143 Å². The number of hydrogen-bond donors (Lipinski definition) is 2. The van der Waals surface area contributed by atoms with Crippen molar-refractivity contribution in [1.29, 1.82) is 0 Å². The minimum Gasteiger partial charge on any atom is -0.434 e. The number of nitrogens with one attached hydrogen (secondary N) is 2. The Morgan fingerprint density at radius 1 is 1.06 bits per heavy atom. The molecule has 1 aromatic carbocycles. The second-order valence-corrected chi connectivity index (χ2v) is 14.0. The first-order valence-corrected chi connectivity index (χ1v) is 18.2. The summed E-state index contributed by atoms with van der Waals surface area (Å²) in [5, 5.41) is 8.70. The van der Waals surface area contributed by atoms with Crippen LogP contribution in [-0.2, 0) is 9.59 Å². The summed E-state index contributed by atoms with van der Waals surface area (Å²) in [6.45, 7) is 3.18. The van der Waals surface area contributed by atoms with Gasteiger partial charge in [-0.1, -0.05) is 0 Å². The molecule has 274 valence electrons. The Morgan fingerprint density at radius 2 is 1.80 bits per heavy atom. The van der Waals surface area contributed by atoms with Crippen LogP contribution in [0, 0.1) is 5.92 Å². The zero-order valence-electron chi connectivity index (χ0n) is 29.0. The van der Waals surface area contributed by atoms with Gasteiger partial charge in [0.05, 0.1) is 24.5 Å². The number of amides is 3. The SMILES string of the molecule is CSc1ccc(OC(F)F)c(C2NN(CC(=O)N3CCC(CN4CCN(CC(=O)N(C)C)CC4)CC3)C=C2NC(=O)c2cnc3cccnn23)c1. The number of hydrazine groups is 1. The highest BCUT2D eigenvalue weighted by Gasteiger charge is 2.33. The van der Waals surface area contributed by atoms with Crippen molar-refractivity contribution in [2.24, 2.45) is 5.92 Å². The number of piperazine rings is 1. The number of carbonyl (C=O) groups excluding carboxylic acids is 3. The Labute approximate surface area is 299 Å². The van der Waals surface area contributed by atoms with Crippen LogP contribution in [0.3, 0.4) is 0 Å². The molecule has 51 heavy (non-hydrogen) atoms. The number of imidazole rings is 1. The molecule has 6 rings (SSSR count). The molecule has 2 saturated heterocycles. The van der Waals surface area contributed by atoms with Gasteiger partial charge in [-0.2, -0.15) is 13.9 Å². The van der Waals surface area contributed by atoms with E-state index in [1.165, 1.54) is 28.5 Å². The van der Waals surface area contributed by atoms with Gasteiger partial charge < -0.3 is 29.8 Å². The van der Waals surface area contributed by atoms with E-state index in [1.807, 2.05) is 11.2 Å². The summed E-state index contributed by atoms with van der Waals surface area (Å²) >= 11 is 1.44.